The van der Waals surface area contributed by atoms with Crippen molar-refractivity contribution < 1.29 is 19.2 Å². The van der Waals surface area contributed by atoms with Crippen molar-refractivity contribution in [1.29, 1.82) is 0 Å². The molecule has 8 heteroatoms. The monoisotopic (exact) mass is 335 g/mol. The summed E-state index contributed by atoms with van der Waals surface area (Å²) in [7, 11) is 0. The lowest BCUT2D eigenvalue weighted by atomic mass is 10.2. The van der Waals surface area contributed by atoms with Crippen molar-refractivity contribution in [1.82, 2.24) is 5.32 Å². The normalized spacial score (nSPS) is 13.2. The predicted molar refractivity (Wildman–Crippen MR) is 88.1 cm³/mol. The van der Waals surface area contributed by atoms with E-state index in [0.29, 0.717) is 12.2 Å². The fourth-order valence-electron chi connectivity index (χ4n) is 2.51. The van der Waals surface area contributed by atoms with Crippen molar-refractivity contribution in [3.8, 4) is 5.75 Å². The molecule has 0 aromatic heterocycles. The molecule has 0 atom stereocenters. The third kappa shape index (κ3) is 4.68. The zero-order valence-corrected chi connectivity index (χ0v) is 13.6. The van der Waals surface area contributed by atoms with E-state index in [1.54, 1.807) is 4.90 Å². The number of rotatable bonds is 8. The molecule has 0 unspecified atom stereocenters. The fraction of sp³-hybridized carbons (Fsp3) is 0.500. The lowest BCUT2D eigenvalue weighted by molar-refractivity contribution is -0.384. The van der Waals surface area contributed by atoms with E-state index >= 15 is 0 Å². The zero-order chi connectivity index (χ0) is 17.5. The first kappa shape index (κ1) is 17.7. The van der Waals surface area contributed by atoms with Crippen LogP contribution in [0.15, 0.2) is 18.2 Å². The van der Waals surface area contributed by atoms with E-state index in [2.05, 4.69) is 12.2 Å². The summed E-state index contributed by atoms with van der Waals surface area (Å²) in [6.07, 6.45) is 4.26. The largest absolute Gasteiger partial charge is 0.423 e. The number of ether oxygens (including phenoxy) is 1. The Balaban J connectivity index is 1.98. The van der Waals surface area contributed by atoms with E-state index in [-0.39, 0.29) is 30.4 Å². The van der Waals surface area contributed by atoms with Crippen LogP contribution >= 0.6 is 0 Å². The van der Waals surface area contributed by atoms with Gasteiger partial charge in [0.1, 0.15) is 6.54 Å². The third-order valence-electron chi connectivity index (χ3n) is 3.73. The lowest BCUT2D eigenvalue weighted by Gasteiger charge is -2.28. The minimum absolute atomic E-state index is 0.00763. The maximum absolute atomic E-state index is 12.0. The molecule has 0 aliphatic carbocycles. The van der Waals surface area contributed by atoms with Crippen molar-refractivity contribution in [2.24, 2.45) is 0 Å². The fourth-order valence-corrected chi connectivity index (χ4v) is 2.51. The first-order valence-corrected chi connectivity index (χ1v) is 8.02. The van der Waals surface area contributed by atoms with Crippen LogP contribution in [0.25, 0.3) is 0 Å². The van der Waals surface area contributed by atoms with Gasteiger partial charge in [0.2, 0.25) is 5.91 Å². The Hall–Kier alpha value is -2.64. The molecule has 0 fully saturated rings. The summed E-state index contributed by atoms with van der Waals surface area (Å²) in [6, 6.07) is 4.02. The molecule has 24 heavy (non-hydrogen) atoms. The second kappa shape index (κ2) is 8.28. The predicted octanol–water partition coefficient (Wildman–Crippen LogP) is 2.02. The molecule has 1 aliphatic rings. The number of fused-ring (bicyclic) bond motifs is 1. The van der Waals surface area contributed by atoms with Crippen LogP contribution in [0.3, 0.4) is 0 Å². The number of non-ortho nitro benzene ring substituents is 1. The van der Waals surface area contributed by atoms with Crippen LogP contribution in [0.5, 0.6) is 5.75 Å². The van der Waals surface area contributed by atoms with Gasteiger partial charge in [-0.15, -0.1) is 0 Å². The molecule has 0 radical (unpaired) electrons. The molecule has 1 amide bonds. The number of hydrogen-bond acceptors (Lipinski definition) is 6. The molecule has 0 bridgehead atoms. The van der Waals surface area contributed by atoms with Crippen LogP contribution in [0, 0.1) is 10.1 Å². The Morgan fingerprint density at radius 1 is 1.38 bits per heavy atom. The van der Waals surface area contributed by atoms with Gasteiger partial charge in [-0.25, -0.2) is 4.79 Å². The highest BCUT2D eigenvalue weighted by Crippen LogP contribution is 2.34. The van der Waals surface area contributed by atoms with Crippen LogP contribution in [0.4, 0.5) is 11.4 Å². The van der Waals surface area contributed by atoms with Gasteiger partial charge in [0.05, 0.1) is 23.2 Å². The Morgan fingerprint density at radius 2 is 2.17 bits per heavy atom. The number of nitro groups is 1. The van der Waals surface area contributed by atoms with Crippen molar-refractivity contribution in [3.05, 3.63) is 28.3 Å². The summed E-state index contributed by atoms with van der Waals surface area (Å²) in [5.41, 5.74) is 0.338. The average molecular weight is 335 g/mol. The third-order valence-corrected chi connectivity index (χ3v) is 3.73. The van der Waals surface area contributed by atoms with E-state index in [0.717, 1.165) is 25.7 Å². The second-order valence-electron chi connectivity index (χ2n) is 5.65. The molecule has 0 saturated carbocycles. The Labute approximate surface area is 139 Å². The van der Waals surface area contributed by atoms with E-state index < -0.39 is 10.9 Å². The van der Waals surface area contributed by atoms with Crippen LogP contribution in [0.2, 0.25) is 0 Å². The number of amides is 1. The van der Waals surface area contributed by atoms with Gasteiger partial charge in [-0.2, -0.15) is 0 Å². The van der Waals surface area contributed by atoms with E-state index in [9.17, 15) is 19.7 Å². The van der Waals surface area contributed by atoms with E-state index in [1.165, 1.54) is 18.2 Å². The highest BCUT2D eigenvalue weighted by Gasteiger charge is 2.27. The Kier molecular flexibility index (Phi) is 6.11. The molecule has 130 valence electrons. The first-order chi connectivity index (χ1) is 11.5. The smallest absolute Gasteiger partial charge is 0.331 e. The van der Waals surface area contributed by atoms with Gasteiger partial charge in [-0.3, -0.25) is 14.9 Å². The summed E-state index contributed by atoms with van der Waals surface area (Å²) in [5, 5.41) is 13.6. The number of anilines is 1. The number of unbranched alkanes of at least 4 members (excludes halogenated alkanes) is 3. The minimum atomic E-state index is -0.559. The number of nitrogens with one attached hydrogen (secondary N) is 1. The van der Waals surface area contributed by atoms with E-state index in [4.69, 9.17) is 4.74 Å². The van der Waals surface area contributed by atoms with Gasteiger partial charge in [-0.1, -0.05) is 26.2 Å². The van der Waals surface area contributed by atoms with Crippen molar-refractivity contribution in [3.63, 3.8) is 0 Å². The molecule has 8 nitrogen and oxygen atoms in total. The van der Waals surface area contributed by atoms with Crippen LogP contribution in [-0.4, -0.2) is 36.4 Å². The van der Waals surface area contributed by atoms with Crippen molar-refractivity contribution in [2.45, 2.75) is 32.6 Å². The average Bonchev–Trinajstić information content (AvgIpc) is 2.53. The second-order valence-corrected chi connectivity index (χ2v) is 5.65. The molecule has 1 aliphatic heterocycles. The summed E-state index contributed by atoms with van der Waals surface area (Å²) in [5.74, 6) is -0.625. The SMILES string of the molecule is CCCCCCNC(=O)CN1CC(=O)Oc2cc([N+](=O)[O-])ccc21. The maximum atomic E-state index is 12.0. The van der Waals surface area contributed by atoms with Gasteiger partial charge < -0.3 is 15.0 Å². The zero-order valence-electron chi connectivity index (χ0n) is 13.6. The topological polar surface area (TPSA) is 102 Å². The Morgan fingerprint density at radius 3 is 2.88 bits per heavy atom. The number of nitrogens with zero attached hydrogens (tertiary/aromatic N) is 2. The van der Waals surface area contributed by atoms with Crippen LogP contribution in [-0.2, 0) is 9.59 Å². The van der Waals surface area contributed by atoms with Crippen molar-refractivity contribution >= 4 is 23.3 Å². The molecule has 2 rings (SSSR count). The Bertz CT molecular complexity index is 632. The number of esters is 1. The summed E-state index contributed by atoms with van der Waals surface area (Å²) >= 11 is 0. The molecule has 1 aromatic rings. The molecule has 0 saturated heterocycles. The number of benzene rings is 1. The lowest BCUT2D eigenvalue weighted by Crippen LogP contribution is -2.43. The highest BCUT2D eigenvalue weighted by molar-refractivity contribution is 5.89. The number of carbonyl (C=O) groups is 2. The molecule has 1 aromatic carbocycles. The maximum Gasteiger partial charge on any atom is 0.331 e. The van der Waals surface area contributed by atoms with Gasteiger partial charge in [0, 0.05) is 12.6 Å². The van der Waals surface area contributed by atoms with Gasteiger partial charge in [0.15, 0.2) is 5.75 Å². The van der Waals surface area contributed by atoms with Gasteiger partial charge in [-0.05, 0) is 12.5 Å². The number of nitro benzene ring substituents is 1. The molecular formula is C16H21N3O5. The number of carbonyl (C=O) groups excluding carboxylic acids is 2. The molecule has 1 heterocycles. The summed E-state index contributed by atoms with van der Waals surface area (Å²) in [6.45, 7) is 2.67. The molecule has 0 spiro atoms. The summed E-state index contributed by atoms with van der Waals surface area (Å²) < 4.78 is 5.04. The molecular weight excluding hydrogens is 314 g/mol. The van der Waals surface area contributed by atoms with E-state index in [1.807, 2.05) is 0 Å². The minimum Gasteiger partial charge on any atom is -0.423 e. The molecule has 1 N–H and O–H groups in total. The quantitative estimate of drug-likeness (QED) is 0.256. The standard InChI is InChI=1S/C16H21N3O5/c1-2-3-4-5-8-17-15(20)10-18-11-16(21)24-14-9-12(19(22)23)6-7-13(14)18/h6-7,9H,2-5,8,10-11H2,1H3,(H,17,20). The van der Waals surface area contributed by atoms with Gasteiger partial charge >= 0.3 is 5.97 Å². The summed E-state index contributed by atoms with van der Waals surface area (Å²) in [4.78, 5) is 35.5. The van der Waals surface area contributed by atoms with Crippen LogP contribution in [0.1, 0.15) is 32.6 Å². The van der Waals surface area contributed by atoms with Crippen molar-refractivity contribution in [2.75, 3.05) is 24.5 Å². The number of hydrogen-bond donors (Lipinski definition) is 1. The highest BCUT2D eigenvalue weighted by atomic mass is 16.6. The van der Waals surface area contributed by atoms with Crippen LogP contribution < -0.4 is 15.0 Å². The first-order valence-electron chi connectivity index (χ1n) is 8.02. The van der Waals surface area contributed by atoms with Gasteiger partial charge in [0.25, 0.3) is 5.69 Å².